The van der Waals surface area contributed by atoms with Gasteiger partial charge in [0.05, 0.1) is 12.1 Å². The number of ether oxygens (including phenoxy) is 2. The Labute approximate surface area is 209 Å². The SMILES string of the molecule is CC.COC[C@H]1C(=O)N(Cc2ccc3c(N)ncnc3c2)CCN1C(=O)COc1ccc(Cl)cc1. The smallest absolute Gasteiger partial charge is 0.261 e. The van der Waals surface area contributed by atoms with Crippen LogP contribution >= 0.6 is 11.6 Å². The van der Waals surface area contributed by atoms with Crippen LogP contribution in [0.1, 0.15) is 19.4 Å². The van der Waals surface area contributed by atoms with Crippen molar-refractivity contribution in [2.75, 3.05) is 39.1 Å². The molecule has 1 saturated heterocycles. The van der Waals surface area contributed by atoms with E-state index in [1.54, 1.807) is 29.2 Å². The van der Waals surface area contributed by atoms with Gasteiger partial charge in [-0.3, -0.25) is 9.59 Å². The van der Waals surface area contributed by atoms with E-state index in [0.717, 1.165) is 10.9 Å². The number of amides is 2. The number of piperazine rings is 1. The molecule has 0 saturated carbocycles. The molecule has 3 aromatic rings. The van der Waals surface area contributed by atoms with Crippen LogP contribution in [0, 0.1) is 0 Å². The molecule has 0 radical (unpaired) electrons. The number of halogens is 1. The van der Waals surface area contributed by atoms with Crippen molar-refractivity contribution in [3.8, 4) is 5.75 Å². The molecular formula is C25H30ClN5O4. The van der Waals surface area contributed by atoms with Gasteiger partial charge in [-0.25, -0.2) is 9.97 Å². The average molecular weight is 500 g/mol. The van der Waals surface area contributed by atoms with Gasteiger partial charge in [0.25, 0.3) is 5.91 Å². The fourth-order valence-electron chi connectivity index (χ4n) is 3.81. The second-order valence-electron chi connectivity index (χ2n) is 7.67. The van der Waals surface area contributed by atoms with E-state index in [2.05, 4.69) is 9.97 Å². The van der Waals surface area contributed by atoms with Crippen molar-refractivity contribution in [3.05, 3.63) is 59.4 Å². The van der Waals surface area contributed by atoms with E-state index in [4.69, 9.17) is 26.8 Å². The molecule has 1 aliphatic rings. The molecule has 0 bridgehead atoms. The average Bonchev–Trinajstić information content (AvgIpc) is 2.87. The monoisotopic (exact) mass is 499 g/mol. The van der Waals surface area contributed by atoms with Gasteiger partial charge in [-0.1, -0.05) is 31.5 Å². The van der Waals surface area contributed by atoms with Crippen LogP contribution in [-0.2, 0) is 20.9 Å². The number of carbonyl (C=O) groups excluding carboxylic acids is 2. The maximum absolute atomic E-state index is 13.2. The Morgan fingerprint density at radius 3 is 2.60 bits per heavy atom. The molecule has 9 nitrogen and oxygen atoms in total. The highest BCUT2D eigenvalue weighted by Gasteiger charge is 2.37. The van der Waals surface area contributed by atoms with Crippen molar-refractivity contribution in [1.82, 2.24) is 19.8 Å². The van der Waals surface area contributed by atoms with Gasteiger partial charge in [0, 0.05) is 37.2 Å². The third-order valence-corrected chi connectivity index (χ3v) is 5.76. The minimum atomic E-state index is -0.719. The van der Waals surface area contributed by atoms with Crippen molar-refractivity contribution in [2.24, 2.45) is 0 Å². The fourth-order valence-corrected chi connectivity index (χ4v) is 3.94. The first-order valence-corrected chi connectivity index (χ1v) is 11.8. The van der Waals surface area contributed by atoms with Gasteiger partial charge in [0.15, 0.2) is 6.61 Å². The van der Waals surface area contributed by atoms with Crippen LogP contribution in [0.3, 0.4) is 0 Å². The lowest BCUT2D eigenvalue weighted by Crippen LogP contribution is -2.60. The minimum Gasteiger partial charge on any atom is -0.484 e. The summed E-state index contributed by atoms with van der Waals surface area (Å²) in [6.07, 6.45) is 1.41. The highest BCUT2D eigenvalue weighted by molar-refractivity contribution is 6.30. The van der Waals surface area contributed by atoms with Crippen molar-refractivity contribution in [1.29, 1.82) is 0 Å². The van der Waals surface area contributed by atoms with Crippen molar-refractivity contribution in [3.63, 3.8) is 0 Å². The van der Waals surface area contributed by atoms with Crippen LogP contribution in [0.5, 0.6) is 5.75 Å². The van der Waals surface area contributed by atoms with Crippen LogP contribution in [-0.4, -0.2) is 71.0 Å². The number of aromatic nitrogens is 2. The van der Waals surface area contributed by atoms with Gasteiger partial charge in [0.1, 0.15) is 23.9 Å². The molecule has 10 heteroatoms. The predicted molar refractivity (Wildman–Crippen MR) is 135 cm³/mol. The van der Waals surface area contributed by atoms with Gasteiger partial charge >= 0.3 is 0 Å². The summed E-state index contributed by atoms with van der Waals surface area (Å²) in [6, 6.07) is 11.7. The van der Waals surface area contributed by atoms with Crippen LogP contribution in [0.4, 0.5) is 5.82 Å². The Morgan fingerprint density at radius 1 is 1.14 bits per heavy atom. The molecule has 4 rings (SSSR count). The van der Waals surface area contributed by atoms with E-state index in [1.165, 1.54) is 18.3 Å². The molecule has 1 atom stereocenters. The lowest BCUT2D eigenvalue weighted by molar-refractivity contribution is -0.155. The van der Waals surface area contributed by atoms with E-state index in [9.17, 15) is 9.59 Å². The Kier molecular flexibility index (Phi) is 9.22. The predicted octanol–water partition coefficient (Wildman–Crippen LogP) is 3.16. The van der Waals surface area contributed by atoms with Crippen LogP contribution < -0.4 is 10.5 Å². The summed E-state index contributed by atoms with van der Waals surface area (Å²) in [5, 5.41) is 1.35. The zero-order chi connectivity index (χ0) is 25.4. The van der Waals surface area contributed by atoms with E-state index in [-0.39, 0.29) is 25.0 Å². The first-order valence-electron chi connectivity index (χ1n) is 11.4. The Balaban J connectivity index is 0.00000167. The summed E-state index contributed by atoms with van der Waals surface area (Å²) in [5.41, 5.74) is 7.52. The lowest BCUT2D eigenvalue weighted by atomic mass is 10.1. The molecular weight excluding hydrogens is 470 g/mol. The topological polar surface area (TPSA) is 111 Å². The number of carbonyl (C=O) groups is 2. The zero-order valence-electron chi connectivity index (χ0n) is 20.1. The molecule has 2 aromatic carbocycles. The largest absolute Gasteiger partial charge is 0.484 e. The number of methoxy groups -OCH3 is 1. The summed E-state index contributed by atoms with van der Waals surface area (Å²) in [6.45, 7) is 5.09. The number of benzene rings is 2. The van der Waals surface area contributed by atoms with E-state index in [0.29, 0.717) is 41.7 Å². The maximum atomic E-state index is 13.2. The van der Waals surface area contributed by atoms with Crippen LogP contribution in [0.15, 0.2) is 48.8 Å². The summed E-state index contributed by atoms with van der Waals surface area (Å²) < 4.78 is 10.8. The molecule has 186 valence electrons. The summed E-state index contributed by atoms with van der Waals surface area (Å²) in [5.74, 6) is 0.487. The van der Waals surface area contributed by atoms with Gasteiger partial charge in [-0.05, 0) is 42.0 Å². The number of anilines is 1. The number of hydrogen-bond donors (Lipinski definition) is 1. The van der Waals surface area contributed by atoms with Crippen LogP contribution in [0.25, 0.3) is 10.9 Å². The quantitative estimate of drug-likeness (QED) is 0.531. The molecule has 0 spiro atoms. The molecule has 1 fully saturated rings. The summed E-state index contributed by atoms with van der Waals surface area (Å²) in [7, 11) is 1.51. The molecule has 1 aromatic heterocycles. The third kappa shape index (κ3) is 6.37. The number of hydrogen-bond acceptors (Lipinski definition) is 7. The van der Waals surface area contributed by atoms with Crippen molar-refractivity contribution in [2.45, 2.75) is 26.4 Å². The highest BCUT2D eigenvalue weighted by Crippen LogP contribution is 2.21. The number of nitrogens with zero attached hydrogens (tertiary/aromatic N) is 4. The second-order valence-corrected chi connectivity index (χ2v) is 8.11. The number of nitrogen functional groups attached to an aromatic ring is 1. The fraction of sp³-hybridized carbons (Fsp3) is 0.360. The summed E-state index contributed by atoms with van der Waals surface area (Å²) in [4.78, 5) is 37.5. The summed E-state index contributed by atoms with van der Waals surface area (Å²) >= 11 is 5.87. The van der Waals surface area contributed by atoms with Gasteiger partial charge in [-0.2, -0.15) is 0 Å². The standard InChI is InChI=1S/C23H24ClN5O4.C2H6/c1-32-12-20-23(31)28(11-15-2-7-18-19(10-15)26-14-27-22(18)25)8-9-29(20)21(30)13-33-17-5-3-16(24)4-6-17;1-2/h2-7,10,14,20H,8-9,11-13H2,1H3,(H2,25,26,27);1-2H3/t20-;/m0./s1. The van der Waals surface area contributed by atoms with Gasteiger partial charge in [-0.15, -0.1) is 0 Å². The number of nitrogens with two attached hydrogens (primary N) is 1. The van der Waals surface area contributed by atoms with Crippen molar-refractivity contribution < 1.29 is 19.1 Å². The molecule has 0 unspecified atom stereocenters. The lowest BCUT2D eigenvalue weighted by Gasteiger charge is -2.40. The number of rotatable bonds is 7. The first-order chi connectivity index (χ1) is 17.0. The Bertz CT molecular complexity index is 1160. The van der Waals surface area contributed by atoms with Gasteiger partial charge in [0.2, 0.25) is 5.91 Å². The molecule has 0 aliphatic carbocycles. The third-order valence-electron chi connectivity index (χ3n) is 5.51. The second kappa shape index (κ2) is 12.3. The normalized spacial score (nSPS) is 15.5. The Hall–Kier alpha value is -3.43. The molecule has 2 amide bonds. The molecule has 2 N–H and O–H groups in total. The Morgan fingerprint density at radius 2 is 1.89 bits per heavy atom. The molecule has 1 aliphatic heterocycles. The van der Waals surface area contributed by atoms with Crippen molar-refractivity contribution >= 4 is 40.1 Å². The van der Waals surface area contributed by atoms with Crippen LogP contribution in [0.2, 0.25) is 5.02 Å². The van der Waals surface area contributed by atoms with Gasteiger partial charge < -0.3 is 25.0 Å². The van der Waals surface area contributed by atoms with E-state index >= 15 is 0 Å². The highest BCUT2D eigenvalue weighted by atomic mass is 35.5. The maximum Gasteiger partial charge on any atom is 0.261 e. The minimum absolute atomic E-state index is 0.101. The molecule has 35 heavy (non-hydrogen) atoms. The zero-order valence-corrected chi connectivity index (χ0v) is 20.9. The molecule has 2 heterocycles. The van der Waals surface area contributed by atoms with E-state index in [1.807, 2.05) is 32.0 Å². The number of fused-ring (bicyclic) bond motifs is 1. The van der Waals surface area contributed by atoms with E-state index < -0.39 is 6.04 Å². The first kappa shape index (κ1) is 26.2.